The van der Waals surface area contributed by atoms with Crippen LogP contribution in [0.4, 0.5) is 0 Å². The van der Waals surface area contributed by atoms with Crippen molar-refractivity contribution < 1.29 is 14.3 Å². The summed E-state index contributed by atoms with van der Waals surface area (Å²) >= 11 is 0. The molecule has 1 aliphatic rings. The summed E-state index contributed by atoms with van der Waals surface area (Å²) in [5, 5.41) is 0. The normalized spacial score (nSPS) is 27.7. The van der Waals surface area contributed by atoms with Crippen molar-refractivity contribution in [2.45, 2.75) is 32.7 Å². The van der Waals surface area contributed by atoms with Crippen molar-refractivity contribution in [3.05, 3.63) is 0 Å². The molecule has 0 aromatic carbocycles. The van der Waals surface area contributed by atoms with Crippen molar-refractivity contribution in [1.29, 1.82) is 0 Å². The minimum absolute atomic E-state index is 0.195. The maximum Gasteiger partial charge on any atom is 0.312 e. The minimum atomic E-state index is -0.265. The predicted octanol–water partition coefficient (Wildman–Crippen LogP) is 0.940. The molecule has 1 heterocycles. The van der Waals surface area contributed by atoms with Crippen LogP contribution in [0.15, 0.2) is 0 Å². The Morgan fingerprint density at radius 3 is 2.87 bits per heavy atom. The van der Waals surface area contributed by atoms with Crippen LogP contribution in [0.3, 0.4) is 0 Å². The molecule has 1 aliphatic heterocycles. The molecule has 1 saturated heterocycles. The van der Waals surface area contributed by atoms with Crippen LogP contribution in [0.25, 0.3) is 0 Å². The van der Waals surface area contributed by atoms with Gasteiger partial charge in [-0.05, 0) is 12.3 Å². The molecule has 88 valence electrons. The van der Waals surface area contributed by atoms with Gasteiger partial charge >= 0.3 is 5.97 Å². The number of rotatable bonds is 5. The van der Waals surface area contributed by atoms with E-state index >= 15 is 0 Å². The first-order valence-electron chi connectivity index (χ1n) is 5.65. The van der Waals surface area contributed by atoms with Gasteiger partial charge in [0.05, 0.1) is 25.7 Å². The highest BCUT2D eigenvalue weighted by Crippen LogP contribution is 2.14. The molecular weight excluding hydrogens is 194 g/mol. The van der Waals surface area contributed by atoms with Gasteiger partial charge in [-0.3, -0.25) is 4.79 Å². The fourth-order valence-corrected chi connectivity index (χ4v) is 1.72. The van der Waals surface area contributed by atoms with Crippen LogP contribution in [-0.4, -0.2) is 31.8 Å². The van der Waals surface area contributed by atoms with E-state index in [9.17, 15) is 4.79 Å². The molecule has 1 fully saturated rings. The molecule has 0 aromatic heterocycles. The fourth-order valence-electron chi connectivity index (χ4n) is 1.72. The van der Waals surface area contributed by atoms with Gasteiger partial charge < -0.3 is 15.2 Å². The summed E-state index contributed by atoms with van der Waals surface area (Å²) in [5.74, 6) is -0.0423. The van der Waals surface area contributed by atoms with Crippen LogP contribution < -0.4 is 5.73 Å². The van der Waals surface area contributed by atoms with Crippen molar-refractivity contribution in [1.82, 2.24) is 0 Å². The van der Waals surface area contributed by atoms with Crippen LogP contribution in [-0.2, 0) is 14.3 Å². The van der Waals surface area contributed by atoms with Crippen LogP contribution in [0.2, 0.25) is 0 Å². The lowest BCUT2D eigenvalue weighted by Gasteiger charge is -2.15. The van der Waals surface area contributed by atoms with Gasteiger partial charge in [0.25, 0.3) is 0 Å². The number of hydrogen-bond acceptors (Lipinski definition) is 4. The number of carbonyl (C=O) groups is 1. The maximum atomic E-state index is 11.6. The quantitative estimate of drug-likeness (QED) is 0.693. The standard InChI is InChI=1S/C11H21NO3/c1-3-4-8(2)5-15-11(13)9-6-14-7-10(9)12/h8-10H,3-7,12H2,1-2H3. The zero-order chi connectivity index (χ0) is 11.3. The second-order valence-corrected chi connectivity index (χ2v) is 4.33. The van der Waals surface area contributed by atoms with E-state index in [0.717, 1.165) is 12.8 Å². The molecule has 0 aromatic rings. The SMILES string of the molecule is CCCC(C)COC(=O)C1COCC1N. The van der Waals surface area contributed by atoms with Crippen LogP contribution in [0.1, 0.15) is 26.7 Å². The summed E-state index contributed by atoms with van der Waals surface area (Å²) in [6.07, 6.45) is 2.20. The second kappa shape index (κ2) is 6.08. The van der Waals surface area contributed by atoms with Gasteiger partial charge in [0.1, 0.15) is 0 Å². The van der Waals surface area contributed by atoms with Crippen molar-refractivity contribution in [2.24, 2.45) is 17.6 Å². The van der Waals surface area contributed by atoms with E-state index in [1.54, 1.807) is 0 Å². The van der Waals surface area contributed by atoms with E-state index in [0.29, 0.717) is 25.7 Å². The van der Waals surface area contributed by atoms with E-state index in [2.05, 4.69) is 13.8 Å². The van der Waals surface area contributed by atoms with E-state index in [4.69, 9.17) is 15.2 Å². The molecule has 0 bridgehead atoms. The molecule has 0 radical (unpaired) electrons. The second-order valence-electron chi connectivity index (χ2n) is 4.33. The van der Waals surface area contributed by atoms with Gasteiger partial charge in [0, 0.05) is 6.04 Å². The lowest BCUT2D eigenvalue weighted by atomic mass is 10.0. The zero-order valence-corrected chi connectivity index (χ0v) is 9.57. The summed E-state index contributed by atoms with van der Waals surface area (Å²) in [6.45, 7) is 5.57. The zero-order valence-electron chi connectivity index (χ0n) is 9.57. The Hall–Kier alpha value is -0.610. The van der Waals surface area contributed by atoms with Crippen LogP contribution in [0, 0.1) is 11.8 Å². The Morgan fingerprint density at radius 2 is 2.33 bits per heavy atom. The summed E-state index contributed by atoms with van der Waals surface area (Å²) in [7, 11) is 0. The molecule has 0 amide bonds. The molecule has 3 atom stereocenters. The Morgan fingerprint density at radius 1 is 1.60 bits per heavy atom. The van der Waals surface area contributed by atoms with Gasteiger partial charge in [-0.25, -0.2) is 0 Å². The maximum absolute atomic E-state index is 11.6. The third-order valence-electron chi connectivity index (χ3n) is 2.72. The summed E-state index contributed by atoms with van der Waals surface area (Å²) in [4.78, 5) is 11.6. The van der Waals surface area contributed by atoms with Gasteiger partial charge in [-0.1, -0.05) is 20.3 Å². The van der Waals surface area contributed by atoms with Crippen molar-refractivity contribution in [3.8, 4) is 0 Å². The number of carbonyl (C=O) groups excluding carboxylic acids is 1. The Kier molecular flexibility index (Phi) is 5.05. The molecule has 3 unspecified atom stereocenters. The van der Waals surface area contributed by atoms with Gasteiger partial charge in [0.15, 0.2) is 0 Å². The van der Waals surface area contributed by atoms with E-state index in [1.165, 1.54) is 0 Å². The van der Waals surface area contributed by atoms with Gasteiger partial charge in [0.2, 0.25) is 0 Å². The first-order valence-corrected chi connectivity index (χ1v) is 5.65. The number of ether oxygens (including phenoxy) is 2. The van der Waals surface area contributed by atoms with Crippen molar-refractivity contribution >= 4 is 5.97 Å². The third kappa shape index (κ3) is 3.80. The molecule has 0 aliphatic carbocycles. The Labute approximate surface area is 91.1 Å². The fraction of sp³-hybridized carbons (Fsp3) is 0.909. The average molecular weight is 215 g/mol. The third-order valence-corrected chi connectivity index (χ3v) is 2.72. The largest absolute Gasteiger partial charge is 0.465 e. The van der Waals surface area contributed by atoms with E-state index in [-0.39, 0.29) is 17.9 Å². The molecular formula is C11H21NO3. The number of hydrogen-bond donors (Lipinski definition) is 1. The lowest BCUT2D eigenvalue weighted by molar-refractivity contribution is -0.150. The van der Waals surface area contributed by atoms with E-state index in [1.807, 2.05) is 0 Å². The minimum Gasteiger partial charge on any atom is -0.465 e. The topological polar surface area (TPSA) is 61.5 Å². The molecule has 15 heavy (non-hydrogen) atoms. The average Bonchev–Trinajstić information content (AvgIpc) is 2.61. The Balaban J connectivity index is 2.23. The predicted molar refractivity (Wildman–Crippen MR) is 57.3 cm³/mol. The molecule has 1 rings (SSSR count). The van der Waals surface area contributed by atoms with E-state index < -0.39 is 0 Å². The monoisotopic (exact) mass is 215 g/mol. The highest BCUT2D eigenvalue weighted by Gasteiger charge is 2.32. The van der Waals surface area contributed by atoms with Crippen LogP contribution in [0.5, 0.6) is 0 Å². The molecule has 0 spiro atoms. The molecule has 2 N–H and O–H groups in total. The van der Waals surface area contributed by atoms with Gasteiger partial charge in [-0.2, -0.15) is 0 Å². The van der Waals surface area contributed by atoms with Gasteiger partial charge in [-0.15, -0.1) is 0 Å². The number of nitrogens with two attached hydrogens (primary N) is 1. The summed E-state index contributed by atoms with van der Waals surface area (Å²) in [6, 6.07) is -0.195. The summed E-state index contributed by atoms with van der Waals surface area (Å²) < 4.78 is 10.3. The summed E-state index contributed by atoms with van der Waals surface area (Å²) in [5.41, 5.74) is 5.72. The number of esters is 1. The van der Waals surface area contributed by atoms with Crippen LogP contribution >= 0.6 is 0 Å². The Bertz CT molecular complexity index is 208. The molecule has 4 heteroatoms. The van der Waals surface area contributed by atoms with Crippen molar-refractivity contribution in [2.75, 3.05) is 19.8 Å². The first-order chi connectivity index (χ1) is 7.15. The van der Waals surface area contributed by atoms with Crippen molar-refractivity contribution in [3.63, 3.8) is 0 Å². The highest BCUT2D eigenvalue weighted by molar-refractivity contribution is 5.73. The molecule has 0 saturated carbocycles. The first kappa shape index (κ1) is 12.5. The highest BCUT2D eigenvalue weighted by atomic mass is 16.5. The lowest BCUT2D eigenvalue weighted by Crippen LogP contribution is -2.35. The molecule has 4 nitrogen and oxygen atoms in total. The smallest absolute Gasteiger partial charge is 0.312 e.